The number of hydrogen-bond donors (Lipinski definition) is 2. The van der Waals surface area contributed by atoms with E-state index in [1.807, 2.05) is 25.4 Å². The Balaban J connectivity index is 1.42. The second kappa shape index (κ2) is 8.62. The Hall–Kier alpha value is -3.50. The van der Waals surface area contributed by atoms with Crippen molar-refractivity contribution < 1.29 is 14.3 Å². The number of ether oxygens (including phenoxy) is 2. The van der Waals surface area contributed by atoms with Crippen molar-refractivity contribution in [2.75, 3.05) is 26.6 Å². The fourth-order valence-electron chi connectivity index (χ4n) is 5.12. The molecule has 6 rings (SSSR count). The molecule has 1 unspecified atom stereocenters. The lowest BCUT2D eigenvalue weighted by Crippen LogP contribution is -2.51. The van der Waals surface area contributed by atoms with E-state index in [1.54, 1.807) is 24.9 Å². The van der Waals surface area contributed by atoms with Gasteiger partial charge in [0.05, 0.1) is 30.1 Å². The number of rotatable bonds is 7. The second-order valence-electron chi connectivity index (χ2n) is 9.31. The van der Waals surface area contributed by atoms with Crippen LogP contribution in [0.4, 0.5) is 5.82 Å². The third kappa shape index (κ3) is 3.55. The third-order valence-electron chi connectivity index (χ3n) is 7.47. The highest BCUT2D eigenvalue weighted by Crippen LogP contribution is 2.39. The number of pyridine rings is 1. The quantitative estimate of drug-likeness (QED) is 0.423. The number of anilines is 1. The Morgan fingerprint density at radius 2 is 2.03 bits per heavy atom. The summed E-state index contributed by atoms with van der Waals surface area (Å²) >= 11 is 0. The summed E-state index contributed by atoms with van der Waals surface area (Å²) in [6.07, 6.45) is 9.64. The molecule has 2 fully saturated rings. The Labute approximate surface area is 202 Å². The molecular weight excluding hydrogens is 446 g/mol. The van der Waals surface area contributed by atoms with Gasteiger partial charge in [-0.15, -0.1) is 0 Å². The first kappa shape index (κ1) is 22.0. The molecule has 2 aliphatic rings. The first-order valence-electron chi connectivity index (χ1n) is 12.0. The molecule has 0 bridgehead atoms. The molecule has 1 amide bonds. The molecule has 4 aromatic rings. The van der Waals surface area contributed by atoms with E-state index >= 15 is 0 Å². The van der Waals surface area contributed by atoms with Gasteiger partial charge >= 0.3 is 0 Å². The zero-order chi connectivity index (χ0) is 24.1. The Bertz CT molecular complexity index is 1400. The second-order valence-corrected chi connectivity index (χ2v) is 9.31. The lowest BCUT2D eigenvalue weighted by molar-refractivity contribution is 0.00731. The number of fused-ring (bicyclic) bond motifs is 2. The predicted molar refractivity (Wildman–Crippen MR) is 132 cm³/mol. The average Bonchev–Trinajstić information content (AvgIpc) is 3.43. The van der Waals surface area contributed by atoms with Crippen molar-refractivity contribution >= 4 is 28.4 Å². The van der Waals surface area contributed by atoms with Crippen LogP contribution in [0.1, 0.15) is 42.1 Å². The van der Waals surface area contributed by atoms with Crippen molar-refractivity contribution in [3.63, 3.8) is 0 Å². The zero-order valence-electron chi connectivity index (χ0n) is 20.1. The molecule has 0 aromatic carbocycles. The fraction of sp³-hybridized carbons (Fsp3) is 0.440. The number of carbonyl (C=O) groups is 1. The minimum absolute atomic E-state index is 0.0110. The van der Waals surface area contributed by atoms with Crippen molar-refractivity contribution in [1.82, 2.24) is 29.5 Å². The van der Waals surface area contributed by atoms with Gasteiger partial charge in [-0.2, -0.15) is 9.61 Å². The lowest BCUT2D eigenvalue weighted by atomic mass is 9.89. The van der Waals surface area contributed by atoms with Crippen LogP contribution in [-0.4, -0.2) is 69.6 Å². The normalized spacial score (nSPS) is 23.7. The molecule has 4 aromatic heterocycles. The molecule has 0 aliphatic heterocycles. The maximum absolute atomic E-state index is 13.1. The van der Waals surface area contributed by atoms with E-state index in [9.17, 15) is 4.79 Å². The third-order valence-corrected chi connectivity index (χ3v) is 7.47. The topological polar surface area (TPSA) is 108 Å². The standard InChI is InChI=1S/C25H29N7O3/c1-26-22-11-20(18-13-31(14-9-15(10-14)34-2)23-16(18)5-4-8-27-23)29-24-17(12-28-32(22)24)25(33)30-19-6-7-21(19)35-3/h4-5,8,11-15,19,21,26H,6-7,9-10H2,1-3H3,(H,30,33)/t14-,15+,19?,21-/m0/s1. The molecule has 0 saturated heterocycles. The van der Waals surface area contributed by atoms with E-state index in [1.165, 1.54) is 0 Å². The summed E-state index contributed by atoms with van der Waals surface area (Å²) in [7, 11) is 5.27. The van der Waals surface area contributed by atoms with Gasteiger partial charge in [0.15, 0.2) is 5.65 Å². The summed E-state index contributed by atoms with van der Waals surface area (Å²) in [5, 5.41) is 11.7. The summed E-state index contributed by atoms with van der Waals surface area (Å²) in [4.78, 5) is 22.7. The number of methoxy groups -OCH3 is 2. The molecule has 2 atom stereocenters. The number of carbonyl (C=O) groups excluding carboxylic acids is 1. The average molecular weight is 476 g/mol. The van der Waals surface area contributed by atoms with Crippen molar-refractivity contribution in [2.24, 2.45) is 0 Å². The zero-order valence-corrected chi connectivity index (χ0v) is 20.1. The minimum atomic E-state index is -0.192. The van der Waals surface area contributed by atoms with Crippen LogP contribution in [-0.2, 0) is 9.47 Å². The summed E-state index contributed by atoms with van der Waals surface area (Å²) in [6, 6.07) is 6.31. The van der Waals surface area contributed by atoms with Gasteiger partial charge < -0.3 is 24.7 Å². The Morgan fingerprint density at radius 3 is 2.74 bits per heavy atom. The van der Waals surface area contributed by atoms with Crippen LogP contribution in [0.2, 0.25) is 0 Å². The minimum Gasteiger partial charge on any atom is -0.381 e. The predicted octanol–water partition coefficient (Wildman–Crippen LogP) is 3.04. The summed E-state index contributed by atoms with van der Waals surface area (Å²) in [6.45, 7) is 0. The number of nitrogens with zero attached hydrogens (tertiary/aromatic N) is 5. The largest absolute Gasteiger partial charge is 0.381 e. The summed E-state index contributed by atoms with van der Waals surface area (Å²) in [5.74, 6) is 0.554. The van der Waals surface area contributed by atoms with Crippen molar-refractivity contribution in [3.05, 3.63) is 42.4 Å². The monoisotopic (exact) mass is 475 g/mol. The van der Waals surface area contributed by atoms with Crippen LogP contribution in [0.5, 0.6) is 0 Å². The smallest absolute Gasteiger partial charge is 0.257 e. The van der Waals surface area contributed by atoms with E-state index in [0.717, 1.165) is 53.8 Å². The summed E-state index contributed by atoms with van der Waals surface area (Å²) in [5.41, 5.74) is 3.60. The molecule has 2 saturated carbocycles. The van der Waals surface area contributed by atoms with Gasteiger partial charge in [0.25, 0.3) is 5.91 Å². The molecule has 0 radical (unpaired) electrons. The van der Waals surface area contributed by atoms with Gasteiger partial charge in [0, 0.05) is 56.7 Å². The number of hydrogen-bond acceptors (Lipinski definition) is 7. The van der Waals surface area contributed by atoms with Crippen LogP contribution in [0.25, 0.3) is 27.9 Å². The lowest BCUT2D eigenvalue weighted by Gasteiger charge is -2.35. The molecule has 0 spiro atoms. The maximum atomic E-state index is 13.1. The molecular formula is C25H29N7O3. The first-order chi connectivity index (χ1) is 17.1. The molecule has 10 heteroatoms. The number of nitrogens with one attached hydrogen (secondary N) is 2. The summed E-state index contributed by atoms with van der Waals surface area (Å²) < 4.78 is 14.8. The van der Waals surface area contributed by atoms with Crippen molar-refractivity contribution in [2.45, 2.75) is 50.0 Å². The van der Waals surface area contributed by atoms with E-state index < -0.39 is 0 Å². The molecule has 182 valence electrons. The van der Waals surface area contributed by atoms with E-state index in [-0.39, 0.29) is 24.2 Å². The molecule has 35 heavy (non-hydrogen) atoms. The highest BCUT2D eigenvalue weighted by atomic mass is 16.5. The van der Waals surface area contributed by atoms with Gasteiger partial charge in [-0.05, 0) is 37.8 Å². The van der Waals surface area contributed by atoms with Crippen LogP contribution < -0.4 is 10.6 Å². The van der Waals surface area contributed by atoms with Crippen molar-refractivity contribution in [3.8, 4) is 11.3 Å². The van der Waals surface area contributed by atoms with E-state index in [2.05, 4.69) is 37.5 Å². The fourth-order valence-corrected chi connectivity index (χ4v) is 5.12. The van der Waals surface area contributed by atoms with Crippen molar-refractivity contribution in [1.29, 1.82) is 0 Å². The Morgan fingerprint density at radius 1 is 1.17 bits per heavy atom. The number of aromatic nitrogens is 5. The molecule has 10 nitrogen and oxygen atoms in total. The van der Waals surface area contributed by atoms with Crippen LogP contribution in [0.15, 0.2) is 36.8 Å². The number of amides is 1. The van der Waals surface area contributed by atoms with Crippen LogP contribution in [0, 0.1) is 0 Å². The van der Waals surface area contributed by atoms with E-state index in [0.29, 0.717) is 17.3 Å². The maximum Gasteiger partial charge on any atom is 0.257 e. The highest BCUT2D eigenvalue weighted by Gasteiger charge is 2.34. The molecule has 4 heterocycles. The van der Waals surface area contributed by atoms with Gasteiger partial charge in [0.2, 0.25) is 0 Å². The molecule has 2 aliphatic carbocycles. The van der Waals surface area contributed by atoms with Gasteiger partial charge in [-0.3, -0.25) is 4.79 Å². The van der Waals surface area contributed by atoms with Gasteiger partial charge in [-0.1, -0.05) is 0 Å². The van der Waals surface area contributed by atoms with Crippen LogP contribution in [0.3, 0.4) is 0 Å². The first-order valence-corrected chi connectivity index (χ1v) is 12.0. The van der Waals surface area contributed by atoms with Gasteiger partial charge in [0.1, 0.15) is 17.0 Å². The van der Waals surface area contributed by atoms with Crippen LogP contribution >= 0.6 is 0 Å². The highest BCUT2D eigenvalue weighted by molar-refractivity contribution is 6.01. The SMILES string of the molecule is CNc1cc(-c2cn([C@H]3C[C@@H](OC)C3)c3ncccc23)nc2c(C(=O)NC3CC[C@@H]3OC)cnn12. The van der Waals surface area contributed by atoms with Gasteiger partial charge in [-0.25, -0.2) is 9.97 Å². The Kier molecular flexibility index (Phi) is 5.42. The van der Waals surface area contributed by atoms with E-state index in [4.69, 9.17) is 14.5 Å². The molecule has 2 N–H and O–H groups in total.